The minimum atomic E-state index is -0.125. The second-order valence-electron chi connectivity index (χ2n) is 5.63. The van der Waals surface area contributed by atoms with E-state index >= 15 is 0 Å². The van der Waals surface area contributed by atoms with Gasteiger partial charge in [-0.2, -0.15) is 0 Å². The number of fused-ring (bicyclic) bond motifs is 1. The lowest BCUT2D eigenvalue weighted by atomic mass is 10.1. The number of aryl methyl sites for hydroxylation is 2. The lowest BCUT2D eigenvalue weighted by molar-refractivity contribution is -0.115. The highest BCUT2D eigenvalue weighted by molar-refractivity contribution is 6.35. The van der Waals surface area contributed by atoms with Gasteiger partial charge in [-0.05, 0) is 49.7 Å². The molecule has 1 heterocycles. The number of anilines is 1. The first-order valence-electron chi connectivity index (χ1n) is 7.27. The number of carbonyl (C=O) groups excluding carboxylic acids is 1. The fourth-order valence-corrected chi connectivity index (χ4v) is 3.01. The van der Waals surface area contributed by atoms with Gasteiger partial charge in [0.15, 0.2) is 0 Å². The molecule has 2 aromatic carbocycles. The molecule has 0 bridgehead atoms. The van der Waals surface area contributed by atoms with Crippen LogP contribution in [-0.4, -0.2) is 10.9 Å². The maximum absolute atomic E-state index is 12.4. The second-order valence-corrected chi connectivity index (χ2v) is 6.47. The molecule has 0 atom stereocenters. The third kappa shape index (κ3) is 3.36. The lowest BCUT2D eigenvalue weighted by Gasteiger charge is -2.08. The number of hydrogen-bond acceptors (Lipinski definition) is 1. The molecule has 0 spiro atoms. The van der Waals surface area contributed by atoms with Gasteiger partial charge in [0.25, 0.3) is 0 Å². The minimum absolute atomic E-state index is 0.125. The van der Waals surface area contributed by atoms with Crippen LogP contribution < -0.4 is 5.32 Å². The summed E-state index contributed by atoms with van der Waals surface area (Å²) < 4.78 is 0. The van der Waals surface area contributed by atoms with Crippen molar-refractivity contribution in [1.29, 1.82) is 0 Å². The molecule has 118 valence electrons. The highest BCUT2D eigenvalue weighted by Crippen LogP contribution is 2.27. The monoisotopic (exact) mass is 346 g/mol. The van der Waals surface area contributed by atoms with E-state index in [1.807, 2.05) is 26.0 Å². The number of carbonyl (C=O) groups is 1. The summed E-state index contributed by atoms with van der Waals surface area (Å²) in [5.74, 6) is -0.125. The van der Waals surface area contributed by atoms with E-state index in [2.05, 4.69) is 16.4 Å². The first-order valence-corrected chi connectivity index (χ1v) is 8.02. The predicted molar refractivity (Wildman–Crippen MR) is 96.6 cm³/mol. The van der Waals surface area contributed by atoms with Crippen molar-refractivity contribution in [2.45, 2.75) is 20.3 Å². The number of amides is 1. The number of benzene rings is 2. The number of H-pyrrole nitrogens is 1. The third-order valence-electron chi connectivity index (χ3n) is 3.81. The van der Waals surface area contributed by atoms with Gasteiger partial charge >= 0.3 is 0 Å². The molecule has 0 unspecified atom stereocenters. The smallest absolute Gasteiger partial charge is 0.228 e. The van der Waals surface area contributed by atoms with E-state index in [0.717, 1.165) is 27.7 Å². The van der Waals surface area contributed by atoms with Crippen molar-refractivity contribution >= 4 is 45.7 Å². The van der Waals surface area contributed by atoms with Crippen LogP contribution in [0.2, 0.25) is 10.0 Å². The number of halogens is 2. The Balaban J connectivity index is 1.87. The van der Waals surface area contributed by atoms with Gasteiger partial charge in [0.2, 0.25) is 5.91 Å². The van der Waals surface area contributed by atoms with Crippen LogP contribution in [0, 0.1) is 13.8 Å². The minimum Gasteiger partial charge on any atom is -0.358 e. The fourth-order valence-electron chi connectivity index (χ4n) is 2.67. The van der Waals surface area contributed by atoms with Gasteiger partial charge in [-0.15, -0.1) is 0 Å². The maximum atomic E-state index is 12.4. The van der Waals surface area contributed by atoms with E-state index in [-0.39, 0.29) is 12.3 Å². The van der Waals surface area contributed by atoms with E-state index in [1.54, 1.807) is 18.2 Å². The molecule has 2 N–H and O–H groups in total. The highest BCUT2D eigenvalue weighted by Gasteiger charge is 2.14. The fraction of sp³-hybridized carbons (Fsp3) is 0.167. The van der Waals surface area contributed by atoms with Crippen LogP contribution in [0.1, 0.15) is 16.8 Å². The van der Waals surface area contributed by atoms with Gasteiger partial charge in [0, 0.05) is 21.6 Å². The molecular formula is C18H16Cl2N2O. The summed E-state index contributed by atoms with van der Waals surface area (Å²) >= 11 is 12.0. The Hall–Kier alpha value is -1.97. The van der Waals surface area contributed by atoms with Crippen molar-refractivity contribution < 1.29 is 4.79 Å². The molecule has 0 saturated heterocycles. The average molecular weight is 347 g/mol. The average Bonchev–Trinajstić information content (AvgIpc) is 2.79. The molecule has 1 amide bonds. The summed E-state index contributed by atoms with van der Waals surface area (Å²) in [4.78, 5) is 15.7. The molecule has 0 aliphatic heterocycles. The van der Waals surface area contributed by atoms with Gasteiger partial charge in [0.05, 0.1) is 17.1 Å². The van der Waals surface area contributed by atoms with Crippen molar-refractivity contribution in [3.05, 3.63) is 63.3 Å². The van der Waals surface area contributed by atoms with Crippen LogP contribution in [0.15, 0.2) is 36.4 Å². The van der Waals surface area contributed by atoms with Crippen LogP contribution >= 0.6 is 23.2 Å². The molecule has 0 fully saturated rings. The Kier molecular flexibility index (Phi) is 4.33. The van der Waals surface area contributed by atoms with Gasteiger partial charge in [-0.1, -0.05) is 34.8 Å². The van der Waals surface area contributed by atoms with Crippen molar-refractivity contribution in [3.8, 4) is 0 Å². The molecule has 3 rings (SSSR count). The first kappa shape index (κ1) is 15.9. The van der Waals surface area contributed by atoms with Crippen molar-refractivity contribution in [2.24, 2.45) is 0 Å². The van der Waals surface area contributed by atoms with Crippen LogP contribution in [0.25, 0.3) is 10.9 Å². The molecule has 3 aromatic rings. The Labute approximate surface area is 144 Å². The standard InChI is InChI=1S/C18H16Cl2N2O/c1-10-3-6-16-14(7-10)13(11(2)21-16)9-18(23)22-17-8-12(19)4-5-15(17)20/h3-8,21H,9H2,1-2H3,(H,22,23). The zero-order valence-electron chi connectivity index (χ0n) is 12.8. The number of hydrogen-bond donors (Lipinski definition) is 2. The second kappa shape index (κ2) is 6.26. The number of rotatable bonds is 3. The largest absolute Gasteiger partial charge is 0.358 e. The number of nitrogens with one attached hydrogen (secondary N) is 2. The summed E-state index contributed by atoms with van der Waals surface area (Å²) in [7, 11) is 0. The zero-order chi connectivity index (χ0) is 16.6. The van der Waals surface area contributed by atoms with Gasteiger partial charge < -0.3 is 10.3 Å². The maximum Gasteiger partial charge on any atom is 0.228 e. The number of aromatic amines is 1. The van der Waals surface area contributed by atoms with E-state index in [1.165, 1.54) is 0 Å². The summed E-state index contributed by atoms with van der Waals surface area (Å²) in [5.41, 5.74) is 4.72. The van der Waals surface area contributed by atoms with E-state index < -0.39 is 0 Å². The summed E-state index contributed by atoms with van der Waals surface area (Å²) in [6.07, 6.45) is 0.276. The van der Waals surface area contributed by atoms with Gasteiger partial charge in [-0.25, -0.2) is 0 Å². The quantitative estimate of drug-likeness (QED) is 0.666. The van der Waals surface area contributed by atoms with Crippen LogP contribution in [0.5, 0.6) is 0 Å². The van der Waals surface area contributed by atoms with Gasteiger partial charge in [0.1, 0.15) is 0 Å². The molecule has 0 radical (unpaired) electrons. The topological polar surface area (TPSA) is 44.9 Å². The third-order valence-corrected chi connectivity index (χ3v) is 4.38. The predicted octanol–water partition coefficient (Wildman–Crippen LogP) is 5.27. The van der Waals surface area contributed by atoms with Crippen molar-refractivity contribution in [2.75, 3.05) is 5.32 Å². The molecule has 0 aliphatic carbocycles. The molecule has 0 saturated carbocycles. The first-order chi connectivity index (χ1) is 10.9. The van der Waals surface area contributed by atoms with Crippen LogP contribution in [0.4, 0.5) is 5.69 Å². The lowest BCUT2D eigenvalue weighted by Crippen LogP contribution is -2.15. The summed E-state index contributed by atoms with van der Waals surface area (Å²) in [6.45, 7) is 4.02. The Morgan fingerprint density at radius 2 is 1.91 bits per heavy atom. The highest BCUT2D eigenvalue weighted by atomic mass is 35.5. The van der Waals surface area contributed by atoms with E-state index in [4.69, 9.17) is 23.2 Å². The molecule has 5 heteroatoms. The van der Waals surface area contributed by atoms with Gasteiger partial charge in [-0.3, -0.25) is 4.79 Å². The summed E-state index contributed by atoms with van der Waals surface area (Å²) in [5, 5.41) is 4.90. The normalized spacial score (nSPS) is 11.0. The zero-order valence-corrected chi connectivity index (χ0v) is 14.3. The molecule has 3 nitrogen and oxygen atoms in total. The Morgan fingerprint density at radius 1 is 1.13 bits per heavy atom. The van der Waals surface area contributed by atoms with Crippen LogP contribution in [-0.2, 0) is 11.2 Å². The summed E-state index contributed by atoms with van der Waals surface area (Å²) in [6, 6.07) is 11.2. The Bertz CT molecular complexity index is 899. The van der Waals surface area contributed by atoms with Crippen LogP contribution in [0.3, 0.4) is 0 Å². The number of aromatic nitrogens is 1. The molecule has 23 heavy (non-hydrogen) atoms. The molecule has 1 aromatic heterocycles. The Morgan fingerprint density at radius 3 is 2.70 bits per heavy atom. The SMILES string of the molecule is Cc1ccc2[nH]c(C)c(CC(=O)Nc3cc(Cl)ccc3Cl)c2c1. The van der Waals surface area contributed by atoms with E-state index in [0.29, 0.717) is 15.7 Å². The molecule has 0 aliphatic rings. The van der Waals surface area contributed by atoms with Crippen molar-refractivity contribution in [1.82, 2.24) is 4.98 Å². The van der Waals surface area contributed by atoms with E-state index in [9.17, 15) is 4.79 Å². The van der Waals surface area contributed by atoms with Crippen molar-refractivity contribution in [3.63, 3.8) is 0 Å². The molecular weight excluding hydrogens is 331 g/mol.